The fraction of sp³-hybridized carbons (Fsp3) is 0.412. The van der Waals surface area contributed by atoms with E-state index in [1.54, 1.807) is 13.3 Å². The zero-order chi connectivity index (χ0) is 16.3. The van der Waals surface area contributed by atoms with E-state index in [1.165, 1.54) is 5.56 Å². The Kier molecular flexibility index (Phi) is 9.90. The van der Waals surface area contributed by atoms with Crippen LogP contribution in [0, 0.1) is 0 Å². The van der Waals surface area contributed by atoms with Gasteiger partial charge in [-0.2, -0.15) is 5.10 Å². The number of hydrogen-bond donors (Lipinski definition) is 2. The third-order valence-electron chi connectivity index (χ3n) is 3.38. The minimum Gasteiger partial charge on any atom is -0.496 e. The van der Waals surface area contributed by atoms with Crippen LogP contribution in [0.3, 0.4) is 0 Å². The first-order chi connectivity index (χ1) is 11.3. The average Bonchev–Trinajstić information content (AvgIpc) is 3.08. The molecule has 6 nitrogen and oxygen atoms in total. The number of ether oxygens (including phenoxy) is 1. The van der Waals surface area contributed by atoms with Crippen molar-refractivity contribution >= 4 is 29.9 Å². The summed E-state index contributed by atoms with van der Waals surface area (Å²) in [5.41, 5.74) is 1.17. The molecular formula is C17H26IN5O. The number of methoxy groups -OCH3 is 1. The molecule has 0 unspecified atom stereocenters. The summed E-state index contributed by atoms with van der Waals surface area (Å²) in [4.78, 5) is 4.61. The normalized spacial score (nSPS) is 10.8. The molecule has 24 heavy (non-hydrogen) atoms. The average molecular weight is 443 g/mol. The first kappa shape index (κ1) is 20.3. The summed E-state index contributed by atoms with van der Waals surface area (Å²) in [6.45, 7) is 5.19. The third kappa shape index (κ3) is 6.77. The molecule has 2 aromatic rings. The van der Waals surface area contributed by atoms with Crippen molar-refractivity contribution in [3.05, 3.63) is 48.3 Å². The summed E-state index contributed by atoms with van der Waals surface area (Å²) >= 11 is 0. The van der Waals surface area contributed by atoms with Gasteiger partial charge in [0.15, 0.2) is 5.96 Å². The smallest absolute Gasteiger partial charge is 0.191 e. The van der Waals surface area contributed by atoms with Crippen molar-refractivity contribution in [2.45, 2.75) is 19.9 Å². The molecule has 7 heteroatoms. The maximum absolute atomic E-state index is 5.37. The molecule has 0 aliphatic heterocycles. The third-order valence-corrected chi connectivity index (χ3v) is 3.38. The Balaban J connectivity index is 0.00000288. The Hall–Kier alpha value is -1.77. The SMILES string of the molecule is CCNC(=NCCc1ccccc1OC)NCCn1cccn1.I. The number of rotatable bonds is 8. The van der Waals surface area contributed by atoms with Gasteiger partial charge in [-0.1, -0.05) is 18.2 Å². The molecule has 0 saturated heterocycles. The van der Waals surface area contributed by atoms with Gasteiger partial charge in [0.2, 0.25) is 0 Å². The van der Waals surface area contributed by atoms with Crippen molar-refractivity contribution in [3.8, 4) is 5.75 Å². The number of para-hydroxylation sites is 1. The first-order valence-electron chi connectivity index (χ1n) is 7.95. The lowest BCUT2D eigenvalue weighted by Gasteiger charge is -2.12. The highest BCUT2D eigenvalue weighted by atomic mass is 127. The van der Waals surface area contributed by atoms with Crippen LogP contribution in [0.5, 0.6) is 5.75 Å². The van der Waals surface area contributed by atoms with Crippen LogP contribution in [-0.2, 0) is 13.0 Å². The lowest BCUT2D eigenvalue weighted by atomic mass is 10.1. The second-order valence-corrected chi connectivity index (χ2v) is 5.02. The summed E-state index contributed by atoms with van der Waals surface area (Å²) in [7, 11) is 1.70. The van der Waals surface area contributed by atoms with Gasteiger partial charge in [0.05, 0.1) is 13.7 Å². The summed E-state index contributed by atoms with van der Waals surface area (Å²) < 4.78 is 7.26. The van der Waals surface area contributed by atoms with Gasteiger partial charge in [0.1, 0.15) is 5.75 Å². The maximum Gasteiger partial charge on any atom is 0.191 e. The second-order valence-electron chi connectivity index (χ2n) is 5.02. The van der Waals surface area contributed by atoms with Crippen molar-refractivity contribution in [2.75, 3.05) is 26.7 Å². The van der Waals surface area contributed by atoms with E-state index < -0.39 is 0 Å². The van der Waals surface area contributed by atoms with Crippen molar-refractivity contribution in [3.63, 3.8) is 0 Å². The van der Waals surface area contributed by atoms with Crippen molar-refractivity contribution < 1.29 is 4.74 Å². The highest BCUT2D eigenvalue weighted by Gasteiger charge is 2.02. The quantitative estimate of drug-likeness (QED) is 0.374. The van der Waals surface area contributed by atoms with Gasteiger partial charge in [-0.15, -0.1) is 24.0 Å². The summed E-state index contributed by atoms with van der Waals surface area (Å²) in [6.07, 6.45) is 4.58. The van der Waals surface area contributed by atoms with Gasteiger partial charge in [-0.3, -0.25) is 9.67 Å². The van der Waals surface area contributed by atoms with Crippen molar-refractivity contribution in [2.24, 2.45) is 4.99 Å². The molecule has 0 fully saturated rings. The Morgan fingerprint density at radius 2 is 2.08 bits per heavy atom. The highest BCUT2D eigenvalue weighted by molar-refractivity contribution is 14.0. The van der Waals surface area contributed by atoms with E-state index in [0.29, 0.717) is 6.54 Å². The van der Waals surface area contributed by atoms with Crippen LogP contribution in [0.4, 0.5) is 0 Å². The van der Waals surface area contributed by atoms with Crippen LogP contribution in [0.15, 0.2) is 47.7 Å². The molecule has 0 saturated carbocycles. The fourth-order valence-electron chi connectivity index (χ4n) is 2.26. The number of aliphatic imine (C=N–C) groups is 1. The lowest BCUT2D eigenvalue weighted by molar-refractivity contribution is 0.410. The Morgan fingerprint density at radius 1 is 1.25 bits per heavy atom. The van der Waals surface area contributed by atoms with Crippen molar-refractivity contribution in [1.29, 1.82) is 0 Å². The predicted molar refractivity (Wildman–Crippen MR) is 108 cm³/mol. The molecule has 2 N–H and O–H groups in total. The van der Waals surface area contributed by atoms with Gasteiger partial charge in [0, 0.05) is 32.0 Å². The highest BCUT2D eigenvalue weighted by Crippen LogP contribution is 2.17. The van der Waals surface area contributed by atoms with E-state index in [1.807, 2.05) is 35.1 Å². The van der Waals surface area contributed by atoms with E-state index in [-0.39, 0.29) is 24.0 Å². The van der Waals surface area contributed by atoms with E-state index in [4.69, 9.17) is 4.74 Å². The molecule has 132 valence electrons. The van der Waals surface area contributed by atoms with Gasteiger partial charge >= 0.3 is 0 Å². The number of guanidine groups is 1. The van der Waals surface area contributed by atoms with Gasteiger partial charge in [-0.25, -0.2) is 0 Å². The van der Waals surface area contributed by atoms with Gasteiger partial charge in [0.25, 0.3) is 0 Å². The van der Waals surface area contributed by atoms with E-state index in [9.17, 15) is 0 Å². The zero-order valence-corrected chi connectivity index (χ0v) is 16.6. The topological polar surface area (TPSA) is 63.5 Å². The maximum atomic E-state index is 5.37. The van der Waals surface area contributed by atoms with Crippen LogP contribution in [0.1, 0.15) is 12.5 Å². The second kappa shape index (κ2) is 11.7. The summed E-state index contributed by atoms with van der Waals surface area (Å²) in [6, 6.07) is 9.98. The number of benzene rings is 1. The molecule has 0 aliphatic rings. The van der Waals surface area contributed by atoms with Gasteiger partial charge < -0.3 is 15.4 Å². The van der Waals surface area contributed by atoms with Crippen LogP contribution in [0.25, 0.3) is 0 Å². The zero-order valence-electron chi connectivity index (χ0n) is 14.2. The largest absolute Gasteiger partial charge is 0.496 e. The van der Waals surface area contributed by atoms with Crippen LogP contribution >= 0.6 is 24.0 Å². The standard InChI is InChI=1S/C17H25N5O.HI/c1-3-18-17(20-12-14-22-13-6-10-21-22)19-11-9-15-7-4-5-8-16(15)23-2;/h4-8,10,13H,3,9,11-12,14H2,1-2H3,(H2,18,19,20);1H. The Bertz CT molecular complexity index is 601. The molecule has 0 atom stereocenters. The van der Waals surface area contributed by atoms with Gasteiger partial charge in [-0.05, 0) is 31.0 Å². The summed E-state index contributed by atoms with van der Waals surface area (Å²) in [5, 5.41) is 10.8. The Labute approximate surface area is 160 Å². The molecule has 2 rings (SSSR count). The molecule has 0 radical (unpaired) electrons. The number of nitrogens with one attached hydrogen (secondary N) is 2. The van der Waals surface area contributed by atoms with Crippen LogP contribution < -0.4 is 15.4 Å². The summed E-state index contributed by atoms with van der Waals surface area (Å²) in [5.74, 6) is 1.74. The molecular weight excluding hydrogens is 417 g/mol. The monoisotopic (exact) mass is 443 g/mol. The number of nitrogens with zero attached hydrogens (tertiary/aromatic N) is 3. The number of hydrogen-bond acceptors (Lipinski definition) is 3. The molecule has 1 aromatic carbocycles. The van der Waals surface area contributed by atoms with E-state index >= 15 is 0 Å². The number of halogens is 1. The molecule has 0 bridgehead atoms. The fourth-order valence-corrected chi connectivity index (χ4v) is 2.26. The van der Waals surface area contributed by atoms with E-state index in [0.717, 1.165) is 37.8 Å². The minimum atomic E-state index is 0. The predicted octanol–water partition coefficient (Wildman–Crippen LogP) is 2.31. The van der Waals surface area contributed by atoms with E-state index in [2.05, 4.69) is 33.7 Å². The minimum absolute atomic E-state index is 0. The van der Waals surface area contributed by atoms with Crippen molar-refractivity contribution in [1.82, 2.24) is 20.4 Å². The molecule has 1 aromatic heterocycles. The molecule has 0 aliphatic carbocycles. The molecule has 0 spiro atoms. The Morgan fingerprint density at radius 3 is 2.79 bits per heavy atom. The first-order valence-corrected chi connectivity index (χ1v) is 7.95. The van der Waals surface area contributed by atoms with Crippen LogP contribution in [0.2, 0.25) is 0 Å². The van der Waals surface area contributed by atoms with Crippen LogP contribution in [-0.4, -0.2) is 42.5 Å². The molecule has 1 heterocycles. The lowest BCUT2D eigenvalue weighted by Crippen LogP contribution is -2.39. The molecule has 0 amide bonds. The number of aromatic nitrogens is 2.